The summed E-state index contributed by atoms with van der Waals surface area (Å²) in [6, 6.07) is 10.9. The van der Waals surface area contributed by atoms with E-state index in [9.17, 15) is 17.6 Å². The number of hydrogen-bond acceptors (Lipinski definition) is 3. The van der Waals surface area contributed by atoms with Crippen molar-refractivity contribution in [1.82, 2.24) is 9.62 Å². The predicted octanol–water partition coefficient (Wildman–Crippen LogP) is 2.95. The van der Waals surface area contributed by atoms with Crippen LogP contribution in [0.15, 0.2) is 53.4 Å². The first-order valence-corrected chi connectivity index (χ1v) is 9.99. The molecule has 138 valence electrons. The maximum atomic E-state index is 13.1. The van der Waals surface area contributed by atoms with Gasteiger partial charge in [-0.05, 0) is 54.8 Å². The zero-order valence-electron chi connectivity index (χ0n) is 13.9. The molecule has 1 aliphatic heterocycles. The van der Waals surface area contributed by atoms with E-state index in [1.54, 1.807) is 18.2 Å². The third-order valence-corrected chi connectivity index (χ3v) is 6.44. The van der Waals surface area contributed by atoms with Gasteiger partial charge in [-0.2, -0.15) is 4.31 Å². The Hall–Kier alpha value is -1.96. The van der Waals surface area contributed by atoms with Crippen molar-refractivity contribution in [2.24, 2.45) is 0 Å². The van der Waals surface area contributed by atoms with Gasteiger partial charge in [0.25, 0.3) is 0 Å². The highest BCUT2D eigenvalue weighted by atomic mass is 35.5. The summed E-state index contributed by atoms with van der Waals surface area (Å²) in [5, 5.41) is 3.33. The number of benzene rings is 2. The Bertz CT molecular complexity index is 903. The first-order valence-electron chi connectivity index (χ1n) is 8.17. The van der Waals surface area contributed by atoms with Gasteiger partial charge < -0.3 is 5.32 Å². The van der Waals surface area contributed by atoms with Crippen molar-refractivity contribution >= 4 is 27.5 Å². The first-order chi connectivity index (χ1) is 12.4. The SMILES string of the molecule is O=C(NCc1cccc(Cl)c1)[C@@H]1CCCN1S(=O)(=O)c1ccc(F)cc1. The molecule has 1 fully saturated rings. The number of carbonyl (C=O) groups is 1. The van der Waals surface area contributed by atoms with Crippen molar-refractivity contribution in [1.29, 1.82) is 0 Å². The molecule has 0 spiro atoms. The smallest absolute Gasteiger partial charge is 0.243 e. The van der Waals surface area contributed by atoms with Gasteiger partial charge in [0, 0.05) is 18.1 Å². The molecule has 0 aliphatic carbocycles. The van der Waals surface area contributed by atoms with Gasteiger partial charge in [0.2, 0.25) is 15.9 Å². The van der Waals surface area contributed by atoms with E-state index in [1.165, 1.54) is 16.4 Å². The Morgan fingerprint density at radius 1 is 1.23 bits per heavy atom. The van der Waals surface area contributed by atoms with Crippen LogP contribution in [0.4, 0.5) is 4.39 Å². The Labute approximate surface area is 156 Å². The molecule has 26 heavy (non-hydrogen) atoms. The molecule has 0 saturated carbocycles. The molecule has 0 radical (unpaired) electrons. The molecule has 0 unspecified atom stereocenters. The second-order valence-corrected chi connectivity index (χ2v) is 8.40. The van der Waals surface area contributed by atoms with Crippen LogP contribution in [0.5, 0.6) is 0 Å². The fourth-order valence-corrected chi connectivity index (χ4v) is 4.86. The van der Waals surface area contributed by atoms with Crippen LogP contribution in [0.1, 0.15) is 18.4 Å². The highest BCUT2D eigenvalue weighted by molar-refractivity contribution is 7.89. The van der Waals surface area contributed by atoms with Gasteiger partial charge >= 0.3 is 0 Å². The second-order valence-electron chi connectivity index (χ2n) is 6.08. The first kappa shape index (κ1) is 18.8. The van der Waals surface area contributed by atoms with E-state index in [2.05, 4.69) is 5.32 Å². The van der Waals surface area contributed by atoms with Gasteiger partial charge in [-0.3, -0.25) is 4.79 Å². The number of sulfonamides is 1. The summed E-state index contributed by atoms with van der Waals surface area (Å²) in [5.41, 5.74) is 0.830. The Morgan fingerprint density at radius 2 is 1.96 bits per heavy atom. The number of amides is 1. The summed E-state index contributed by atoms with van der Waals surface area (Å²) in [7, 11) is -3.85. The number of halogens is 2. The largest absolute Gasteiger partial charge is 0.351 e. The number of nitrogens with zero attached hydrogens (tertiary/aromatic N) is 1. The number of carbonyl (C=O) groups excluding carboxylic acids is 1. The van der Waals surface area contributed by atoms with Gasteiger partial charge in [0.15, 0.2) is 0 Å². The summed E-state index contributed by atoms with van der Waals surface area (Å²) in [6.45, 7) is 0.523. The lowest BCUT2D eigenvalue weighted by atomic mass is 10.2. The molecule has 0 bridgehead atoms. The van der Waals surface area contributed by atoms with Crippen molar-refractivity contribution in [2.45, 2.75) is 30.3 Å². The fourth-order valence-electron chi connectivity index (χ4n) is 2.99. The van der Waals surface area contributed by atoms with E-state index < -0.39 is 21.9 Å². The van der Waals surface area contributed by atoms with Gasteiger partial charge in [0.05, 0.1) is 4.90 Å². The minimum Gasteiger partial charge on any atom is -0.351 e. The van der Waals surface area contributed by atoms with Crippen LogP contribution in [0, 0.1) is 5.82 Å². The summed E-state index contributed by atoms with van der Waals surface area (Å²) in [6.07, 6.45) is 1.04. The topological polar surface area (TPSA) is 66.5 Å². The Balaban J connectivity index is 1.72. The molecule has 1 N–H and O–H groups in total. The number of rotatable bonds is 5. The average Bonchev–Trinajstić information content (AvgIpc) is 3.11. The second kappa shape index (κ2) is 7.73. The third kappa shape index (κ3) is 4.06. The van der Waals surface area contributed by atoms with Crippen molar-refractivity contribution < 1.29 is 17.6 Å². The molecule has 2 aromatic carbocycles. The number of hydrogen-bond donors (Lipinski definition) is 1. The molecule has 3 rings (SSSR count). The Morgan fingerprint density at radius 3 is 2.65 bits per heavy atom. The van der Waals surface area contributed by atoms with E-state index in [1.807, 2.05) is 6.07 Å². The lowest BCUT2D eigenvalue weighted by Gasteiger charge is -2.23. The maximum absolute atomic E-state index is 13.1. The van der Waals surface area contributed by atoms with Crippen LogP contribution >= 0.6 is 11.6 Å². The highest BCUT2D eigenvalue weighted by Crippen LogP contribution is 2.26. The quantitative estimate of drug-likeness (QED) is 0.845. The van der Waals surface area contributed by atoms with Gasteiger partial charge in [-0.15, -0.1) is 0 Å². The van der Waals surface area contributed by atoms with Crippen LogP contribution < -0.4 is 5.32 Å². The zero-order valence-corrected chi connectivity index (χ0v) is 15.4. The van der Waals surface area contributed by atoms with E-state index >= 15 is 0 Å². The molecule has 1 heterocycles. The third-order valence-electron chi connectivity index (χ3n) is 4.28. The van der Waals surface area contributed by atoms with Crippen LogP contribution in [0.25, 0.3) is 0 Å². The lowest BCUT2D eigenvalue weighted by molar-refractivity contribution is -0.124. The van der Waals surface area contributed by atoms with Crippen molar-refractivity contribution in [3.8, 4) is 0 Å². The molecular weight excluding hydrogens is 379 g/mol. The van der Waals surface area contributed by atoms with Crippen molar-refractivity contribution in [3.05, 3.63) is 64.9 Å². The van der Waals surface area contributed by atoms with Crippen molar-refractivity contribution in [3.63, 3.8) is 0 Å². The lowest BCUT2D eigenvalue weighted by Crippen LogP contribution is -2.45. The van der Waals surface area contributed by atoms with Gasteiger partial charge in [-0.25, -0.2) is 12.8 Å². The van der Waals surface area contributed by atoms with Crippen LogP contribution in [-0.2, 0) is 21.4 Å². The normalized spacial score (nSPS) is 18.0. The van der Waals surface area contributed by atoms with E-state index in [4.69, 9.17) is 11.6 Å². The fraction of sp³-hybridized carbons (Fsp3) is 0.278. The minimum atomic E-state index is -3.85. The number of nitrogens with one attached hydrogen (secondary N) is 1. The predicted molar refractivity (Wildman–Crippen MR) is 96.6 cm³/mol. The summed E-state index contributed by atoms with van der Waals surface area (Å²) >= 11 is 5.92. The van der Waals surface area contributed by atoms with Gasteiger partial charge in [-0.1, -0.05) is 23.7 Å². The average molecular weight is 397 g/mol. The van der Waals surface area contributed by atoms with Crippen LogP contribution in [-0.4, -0.2) is 31.2 Å². The van der Waals surface area contributed by atoms with E-state index in [-0.39, 0.29) is 23.9 Å². The summed E-state index contributed by atoms with van der Waals surface area (Å²) in [5.74, 6) is -0.866. The highest BCUT2D eigenvalue weighted by Gasteiger charge is 2.39. The minimum absolute atomic E-state index is 0.0200. The van der Waals surface area contributed by atoms with Gasteiger partial charge in [0.1, 0.15) is 11.9 Å². The monoisotopic (exact) mass is 396 g/mol. The van der Waals surface area contributed by atoms with Crippen LogP contribution in [0.3, 0.4) is 0 Å². The Kier molecular flexibility index (Phi) is 5.60. The molecule has 0 aromatic heterocycles. The zero-order chi connectivity index (χ0) is 18.7. The molecule has 1 aliphatic rings. The van der Waals surface area contributed by atoms with Crippen LogP contribution in [0.2, 0.25) is 5.02 Å². The van der Waals surface area contributed by atoms with E-state index in [0.29, 0.717) is 17.9 Å². The molecule has 2 aromatic rings. The van der Waals surface area contributed by atoms with Crippen molar-refractivity contribution in [2.75, 3.05) is 6.54 Å². The molecule has 1 amide bonds. The molecule has 5 nitrogen and oxygen atoms in total. The molecule has 1 saturated heterocycles. The molecule has 1 atom stereocenters. The molecule has 8 heteroatoms. The molecular formula is C18H18ClFN2O3S. The summed E-state index contributed by atoms with van der Waals surface area (Å²) < 4.78 is 39.8. The summed E-state index contributed by atoms with van der Waals surface area (Å²) in [4.78, 5) is 12.5. The maximum Gasteiger partial charge on any atom is 0.243 e. The van der Waals surface area contributed by atoms with E-state index in [0.717, 1.165) is 17.7 Å². The standard InChI is InChI=1S/C18H18ClFN2O3S/c19-14-4-1-3-13(11-14)12-21-18(23)17-5-2-10-22(17)26(24,25)16-8-6-15(20)7-9-16/h1,3-4,6-9,11,17H,2,5,10,12H2,(H,21,23)/t17-/m0/s1.